The van der Waals surface area contributed by atoms with Crippen LogP contribution in [0.4, 0.5) is 10.6 Å². The van der Waals surface area contributed by atoms with Crippen molar-refractivity contribution >= 4 is 11.9 Å². The van der Waals surface area contributed by atoms with Crippen LogP contribution >= 0.6 is 0 Å². The second kappa shape index (κ2) is 8.90. The molecule has 1 saturated heterocycles. The number of benzene rings is 1. The standard InChI is InChI=1S/C23H28N6O2/c1-16-25-20(15-27(2)21-9-5-7-17-6-3-4-8-18(17)21)19(14-24)22(26-16)28-10-12-29(13-11-28)23(30)31/h3-4,6,8,21H,5,7,9-13,15H2,1-2H3,(H,30,31). The molecular formula is C23H28N6O2. The molecule has 1 atom stereocenters. The molecule has 1 fully saturated rings. The maximum atomic E-state index is 11.2. The topological polar surface area (TPSA) is 96.6 Å². The van der Waals surface area contributed by atoms with E-state index in [0.717, 1.165) is 25.0 Å². The molecule has 4 rings (SSSR count). The lowest BCUT2D eigenvalue weighted by Crippen LogP contribution is -2.49. The van der Waals surface area contributed by atoms with Crippen LogP contribution in [0.25, 0.3) is 0 Å². The summed E-state index contributed by atoms with van der Waals surface area (Å²) in [6.07, 6.45) is 2.44. The van der Waals surface area contributed by atoms with Crippen LogP contribution < -0.4 is 4.90 Å². The number of fused-ring (bicyclic) bond motifs is 1. The van der Waals surface area contributed by atoms with Gasteiger partial charge in [-0.25, -0.2) is 14.8 Å². The Hall–Kier alpha value is -3.18. The van der Waals surface area contributed by atoms with Crippen molar-refractivity contribution in [3.63, 3.8) is 0 Å². The fourth-order valence-electron chi connectivity index (χ4n) is 4.71. The Kier molecular flexibility index (Phi) is 6.05. The lowest BCUT2D eigenvalue weighted by Gasteiger charge is -2.35. The third-order valence-electron chi connectivity index (χ3n) is 6.31. The van der Waals surface area contributed by atoms with Crippen LogP contribution in [0.3, 0.4) is 0 Å². The Morgan fingerprint density at radius 1 is 1.26 bits per heavy atom. The fraction of sp³-hybridized carbons (Fsp3) is 0.478. The molecule has 0 saturated carbocycles. The van der Waals surface area contributed by atoms with E-state index in [9.17, 15) is 15.2 Å². The van der Waals surface area contributed by atoms with E-state index in [1.807, 2.05) is 11.8 Å². The minimum atomic E-state index is -0.908. The molecule has 2 aromatic rings. The molecule has 162 valence electrons. The Balaban J connectivity index is 1.58. The minimum Gasteiger partial charge on any atom is -0.465 e. The van der Waals surface area contributed by atoms with E-state index >= 15 is 0 Å². The van der Waals surface area contributed by atoms with Crippen LogP contribution in [0, 0.1) is 18.3 Å². The first kappa shape index (κ1) is 21.1. The summed E-state index contributed by atoms with van der Waals surface area (Å²) in [5.74, 6) is 1.24. The number of rotatable bonds is 4. The van der Waals surface area contributed by atoms with E-state index in [1.165, 1.54) is 16.0 Å². The van der Waals surface area contributed by atoms with Gasteiger partial charge in [0.25, 0.3) is 0 Å². The summed E-state index contributed by atoms with van der Waals surface area (Å²) in [7, 11) is 2.09. The number of aromatic nitrogens is 2. The highest BCUT2D eigenvalue weighted by Gasteiger charge is 2.28. The van der Waals surface area contributed by atoms with E-state index in [4.69, 9.17) is 0 Å². The summed E-state index contributed by atoms with van der Waals surface area (Å²) in [4.78, 5) is 26.1. The van der Waals surface area contributed by atoms with Gasteiger partial charge in [-0.05, 0) is 44.4 Å². The number of carboxylic acid groups (broad SMARTS) is 1. The first-order chi connectivity index (χ1) is 15.0. The smallest absolute Gasteiger partial charge is 0.407 e. The van der Waals surface area contributed by atoms with Crippen LogP contribution in [-0.4, -0.2) is 64.2 Å². The SMILES string of the molecule is Cc1nc(CN(C)C2CCCc3ccccc32)c(C#N)c(N2CCN(C(=O)O)CC2)n1. The molecule has 0 spiro atoms. The van der Waals surface area contributed by atoms with E-state index in [2.05, 4.69) is 52.3 Å². The van der Waals surface area contributed by atoms with Gasteiger partial charge < -0.3 is 14.9 Å². The van der Waals surface area contributed by atoms with Gasteiger partial charge in [-0.15, -0.1) is 0 Å². The van der Waals surface area contributed by atoms with Gasteiger partial charge in [0.2, 0.25) is 0 Å². The minimum absolute atomic E-state index is 0.300. The fourth-order valence-corrected chi connectivity index (χ4v) is 4.71. The number of amides is 1. The maximum Gasteiger partial charge on any atom is 0.407 e. The Morgan fingerprint density at radius 2 is 2.00 bits per heavy atom. The number of nitriles is 1. The van der Waals surface area contributed by atoms with Crippen molar-refractivity contribution in [1.29, 1.82) is 5.26 Å². The quantitative estimate of drug-likeness (QED) is 0.812. The second-order valence-electron chi connectivity index (χ2n) is 8.31. The zero-order valence-corrected chi connectivity index (χ0v) is 18.1. The average Bonchev–Trinajstić information content (AvgIpc) is 2.78. The first-order valence-electron chi connectivity index (χ1n) is 10.8. The molecule has 2 heterocycles. The summed E-state index contributed by atoms with van der Waals surface area (Å²) in [6, 6.07) is 11.2. The Labute approximate surface area is 182 Å². The number of hydrogen-bond donors (Lipinski definition) is 1. The molecule has 0 radical (unpaired) electrons. The summed E-state index contributed by atoms with van der Waals surface area (Å²) >= 11 is 0. The van der Waals surface area contributed by atoms with Crippen LogP contribution in [0.1, 0.15) is 47.1 Å². The highest BCUT2D eigenvalue weighted by Crippen LogP contribution is 2.34. The normalized spacial score (nSPS) is 18.6. The van der Waals surface area contributed by atoms with Crippen molar-refractivity contribution in [1.82, 2.24) is 19.8 Å². The summed E-state index contributed by atoms with van der Waals surface area (Å²) in [5, 5.41) is 19.2. The summed E-state index contributed by atoms with van der Waals surface area (Å²) in [6.45, 7) is 4.24. The zero-order chi connectivity index (χ0) is 22.0. The molecule has 2 aliphatic rings. The monoisotopic (exact) mass is 420 g/mol. The van der Waals surface area contributed by atoms with Gasteiger partial charge in [-0.1, -0.05) is 24.3 Å². The third-order valence-corrected chi connectivity index (χ3v) is 6.31. The molecule has 1 aliphatic carbocycles. The molecule has 1 aliphatic heterocycles. The predicted molar refractivity (Wildman–Crippen MR) is 117 cm³/mol. The Bertz CT molecular complexity index is 1010. The van der Waals surface area contributed by atoms with Gasteiger partial charge in [0.1, 0.15) is 17.5 Å². The third kappa shape index (κ3) is 4.32. The van der Waals surface area contributed by atoms with Crippen molar-refractivity contribution in [2.24, 2.45) is 0 Å². The maximum absolute atomic E-state index is 11.2. The molecule has 1 N–H and O–H groups in total. The van der Waals surface area contributed by atoms with Crippen LogP contribution in [0.15, 0.2) is 24.3 Å². The highest BCUT2D eigenvalue weighted by atomic mass is 16.4. The number of hydrogen-bond acceptors (Lipinski definition) is 6. The van der Waals surface area contributed by atoms with Gasteiger partial charge in [0, 0.05) is 38.8 Å². The zero-order valence-electron chi connectivity index (χ0n) is 18.1. The first-order valence-corrected chi connectivity index (χ1v) is 10.8. The molecule has 1 aromatic heterocycles. The molecule has 0 bridgehead atoms. The van der Waals surface area contributed by atoms with Crippen molar-refractivity contribution in [2.45, 2.75) is 38.8 Å². The van der Waals surface area contributed by atoms with E-state index in [-0.39, 0.29) is 0 Å². The summed E-state index contributed by atoms with van der Waals surface area (Å²) < 4.78 is 0. The molecule has 1 unspecified atom stereocenters. The number of nitrogens with zero attached hydrogens (tertiary/aromatic N) is 6. The molecular weight excluding hydrogens is 392 g/mol. The molecule has 31 heavy (non-hydrogen) atoms. The summed E-state index contributed by atoms with van der Waals surface area (Å²) in [5.41, 5.74) is 3.99. The molecule has 8 nitrogen and oxygen atoms in total. The molecule has 1 aromatic carbocycles. The van der Waals surface area contributed by atoms with Gasteiger partial charge >= 0.3 is 6.09 Å². The molecule has 8 heteroatoms. The van der Waals surface area contributed by atoms with Crippen molar-refractivity contribution in [3.05, 3.63) is 52.5 Å². The second-order valence-corrected chi connectivity index (χ2v) is 8.31. The van der Waals surface area contributed by atoms with E-state index in [0.29, 0.717) is 56.0 Å². The van der Waals surface area contributed by atoms with Gasteiger partial charge in [0.15, 0.2) is 5.82 Å². The largest absolute Gasteiger partial charge is 0.465 e. The van der Waals surface area contributed by atoms with Gasteiger partial charge in [-0.3, -0.25) is 4.90 Å². The van der Waals surface area contributed by atoms with Crippen molar-refractivity contribution in [3.8, 4) is 6.07 Å². The lowest BCUT2D eigenvalue weighted by molar-refractivity contribution is 0.142. The van der Waals surface area contributed by atoms with Gasteiger partial charge in [-0.2, -0.15) is 5.26 Å². The number of piperazine rings is 1. The van der Waals surface area contributed by atoms with E-state index in [1.54, 1.807) is 0 Å². The predicted octanol–water partition coefficient (Wildman–Crippen LogP) is 2.97. The number of carbonyl (C=O) groups is 1. The highest BCUT2D eigenvalue weighted by molar-refractivity contribution is 5.66. The van der Waals surface area contributed by atoms with Crippen LogP contribution in [-0.2, 0) is 13.0 Å². The Morgan fingerprint density at radius 3 is 2.71 bits per heavy atom. The van der Waals surface area contributed by atoms with Crippen LogP contribution in [0.5, 0.6) is 0 Å². The van der Waals surface area contributed by atoms with Crippen molar-refractivity contribution in [2.75, 3.05) is 38.1 Å². The van der Waals surface area contributed by atoms with Crippen molar-refractivity contribution < 1.29 is 9.90 Å². The molecule has 1 amide bonds. The number of aryl methyl sites for hydroxylation is 2. The van der Waals surface area contributed by atoms with E-state index < -0.39 is 6.09 Å². The average molecular weight is 421 g/mol. The van der Waals surface area contributed by atoms with Crippen LogP contribution in [0.2, 0.25) is 0 Å². The van der Waals surface area contributed by atoms with Gasteiger partial charge in [0.05, 0.1) is 5.69 Å². The lowest BCUT2D eigenvalue weighted by atomic mass is 9.87. The number of anilines is 1.